The third kappa shape index (κ3) is 5.35. The molecule has 4 rings (SSSR count). The lowest BCUT2D eigenvalue weighted by Crippen LogP contribution is -1.97. The van der Waals surface area contributed by atoms with Gasteiger partial charge >= 0.3 is 0 Å². The SMILES string of the molecule is CS(=O)(=O)c1ccc(-c2nn(-c3ccc(F)cc3)cc2/C=C/C(=O)c2ccc(Br)cc2)cc1. The van der Waals surface area contributed by atoms with Crippen molar-refractivity contribution in [3.8, 4) is 16.9 Å². The van der Waals surface area contributed by atoms with Crippen molar-refractivity contribution in [1.29, 1.82) is 0 Å². The highest BCUT2D eigenvalue weighted by molar-refractivity contribution is 9.10. The van der Waals surface area contributed by atoms with Gasteiger partial charge in [0, 0.05) is 33.6 Å². The maximum Gasteiger partial charge on any atom is 0.185 e. The number of halogens is 2. The minimum absolute atomic E-state index is 0.171. The van der Waals surface area contributed by atoms with E-state index in [2.05, 4.69) is 21.0 Å². The van der Waals surface area contributed by atoms with Crippen LogP contribution in [0.25, 0.3) is 23.0 Å². The summed E-state index contributed by atoms with van der Waals surface area (Å²) in [5.41, 5.74) is 3.07. The topological polar surface area (TPSA) is 69.0 Å². The molecule has 5 nitrogen and oxygen atoms in total. The third-order valence-electron chi connectivity index (χ3n) is 4.93. The van der Waals surface area contributed by atoms with E-state index < -0.39 is 9.84 Å². The molecule has 166 valence electrons. The largest absolute Gasteiger partial charge is 0.289 e. The van der Waals surface area contributed by atoms with Gasteiger partial charge in [-0.25, -0.2) is 17.5 Å². The Kier molecular flexibility index (Phi) is 6.40. The van der Waals surface area contributed by atoms with E-state index in [0.717, 1.165) is 10.7 Å². The maximum atomic E-state index is 13.4. The fraction of sp³-hybridized carbons (Fsp3) is 0.0400. The zero-order valence-electron chi connectivity index (χ0n) is 17.4. The van der Waals surface area contributed by atoms with Gasteiger partial charge in [0.05, 0.1) is 16.3 Å². The molecule has 4 aromatic rings. The molecule has 3 aromatic carbocycles. The standard InChI is InChI=1S/C25H18BrFN2O3S/c1-33(31,32)23-13-4-18(5-14-23)25-19(6-15-24(30)17-2-7-20(26)8-3-17)16-29(28-25)22-11-9-21(27)10-12-22/h2-16H,1H3/b15-6+. The predicted molar refractivity (Wildman–Crippen MR) is 130 cm³/mol. The molecular weight excluding hydrogens is 507 g/mol. The van der Waals surface area contributed by atoms with Crippen LogP contribution < -0.4 is 0 Å². The molecule has 0 spiro atoms. The molecule has 1 heterocycles. The first kappa shape index (κ1) is 22.8. The Labute approximate surface area is 199 Å². The van der Waals surface area contributed by atoms with Crippen LogP contribution in [0, 0.1) is 5.82 Å². The zero-order valence-corrected chi connectivity index (χ0v) is 19.8. The number of aromatic nitrogens is 2. The lowest BCUT2D eigenvalue weighted by Gasteiger charge is -2.03. The van der Waals surface area contributed by atoms with Crippen LogP contribution in [0.15, 0.2) is 94.4 Å². The highest BCUT2D eigenvalue weighted by atomic mass is 79.9. The van der Waals surface area contributed by atoms with Gasteiger partial charge < -0.3 is 0 Å². The summed E-state index contributed by atoms with van der Waals surface area (Å²) in [6.07, 6.45) is 6.01. The Hall–Kier alpha value is -3.36. The molecule has 0 N–H and O–H groups in total. The van der Waals surface area contributed by atoms with Crippen molar-refractivity contribution in [2.24, 2.45) is 0 Å². The Bertz CT molecular complexity index is 1440. The van der Waals surface area contributed by atoms with Crippen molar-refractivity contribution in [2.45, 2.75) is 4.90 Å². The number of rotatable bonds is 6. The minimum atomic E-state index is -3.33. The van der Waals surface area contributed by atoms with Crippen molar-refractivity contribution < 1.29 is 17.6 Å². The number of carbonyl (C=O) groups is 1. The van der Waals surface area contributed by atoms with Crippen LogP contribution in [-0.4, -0.2) is 30.2 Å². The Morgan fingerprint density at radius 1 is 0.970 bits per heavy atom. The molecule has 0 amide bonds. The lowest BCUT2D eigenvalue weighted by molar-refractivity contribution is 0.104. The van der Waals surface area contributed by atoms with Crippen LogP contribution >= 0.6 is 15.9 Å². The van der Waals surface area contributed by atoms with Gasteiger partial charge in [0.15, 0.2) is 15.6 Å². The van der Waals surface area contributed by atoms with Gasteiger partial charge in [-0.05, 0) is 72.8 Å². The molecule has 0 aliphatic heterocycles. The maximum absolute atomic E-state index is 13.4. The highest BCUT2D eigenvalue weighted by Gasteiger charge is 2.13. The van der Waals surface area contributed by atoms with E-state index in [-0.39, 0.29) is 16.5 Å². The fourth-order valence-electron chi connectivity index (χ4n) is 3.20. The van der Waals surface area contributed by atoms with Crippen molar-refractivity contribution in [1.82, 2.24) is 9.78 Å². The average molecular weight is 525 g/mol. The normalized spacial score (nSPS) is 11.7. The molecule has 1 aromatic heterocycles. The predicted octanol–water partition coefficient (Wildman–Crippen LogP) is 5.74. The number of hydrogen-bond donors (Lipinski definition) is 0. The molecule has 33 heavy (non-hydrogen) atoms. The molecule has 0 atom stereocenters. The number of benzene rings is 3. The van der Waals surface area contributed by atoms with Gasteiger partial charge in [0.2, 0.25) is 0 Å². The smallest absolute Gasteiger partial charge is 0.185 e. The molecule has 0 radical (unpaired) electrons. The quantitative estimate of drug-likeness (QED) is 0.238. The first-order chi connectivity index (χ1) is 15.7. The number of nitrogens with zero attached hydrogens (tertiary/aromatic N) is 2. The molecule has 0 saturated carbocycles. The van der Waals surface area contributed by atoms with E-state index >= 15 is 0 Å². The first-order valence-electron chi connectivity index (χ1n) is 9.85. The lowest BCUT2D eigenvalue weighted by atomic mass is 10.1. The zero-order chi connectivity index (χ0) is 23.6. The van der Waals surface area contributed by atoms with Gasteiger partial charge in [0.1, 0.15) is 5.82 Å². The summed E-state index contributed by atoms with van der Waals surface area (Å²) in [6, 6.07) is 19.3. The van der Waals surface area contributed by atoms with Crippen molar-refractivity contribution >= 4 is 37.6 Å². The van der Waals surface area contributed by atoms with Crippen LogP contribution in [0.5, 0.6) is 0 Å². The van der Waals surface area contributed by atoms with Crippen molar-refractivity contribution in [2.75, 3.05) is 6.26 Å². The molecule has 0 aliphatic carbocycles. The summed E-state index contributed by atoms with van der Waals surface area (Å²) < 4.78 is 39.4. The molecular formula is C25H18BrFN2O3S. The molecule has 0 saturated heterocycles. The van der Waals surface area contributed by atoms with E-state index in [9.17, 15) is 17.6 Å². The van der Waals surface area contributed by atoms with Crippen molar-refractivity contribution in [3.05, 3.63) is 106 Å². The van der Waals surface area contributed by atoms with Crippen LogP contribution in [0.3, 0.4) is 0 Å². The second-order valence-corrected chi connectivity index (χ2v) is 10.3. The summed E-state index contributed by atoms with van der Waals surface area (Å²) in [6.45, 7) is 0. The number of allylic oxidation sites excluding steroid dienone is 1. The number of sulfone groups is 1. The molecule has 0 unspecified atom stereocenters. The second kappa shape index (κ2) is 9.25. The van der Waals surface area contributed by atoms with Crippen molar-refractivity contribution in [3.63, 3.8) is 0 Å². The molecule has 0 bridgehead atoms. The van der Waals surface area contributed by atoms with E-state index in [1.807, 2.05) is 0 Å². The van der Waals surface area contributed by atoms with E-state index in [1.54, 1.807) is 65.5 Å². The van der Waals surface area contributed by atoms with Gasteiger partial charge in [0.25, 0.3) is 0 Å². The Morgan fingerprint density at radius 3 is 2.21 bits per heavy atom. The van der Waals surface area contributed by atoms with Gasteiger partial charge in [-0.3, -0.25) is 4.79 Å². The monoisotopic (exact) mass is 524 g/mol. The summed E-state index contributed by atoms with van der Waals surface area (Å²) in [5.74, 6) is -0.530. The average Bonchev–Trinajstić information content (AvgIpc) is 3.22. The van der Waals surface area contributed by atoms with E-state index in [1.165, 1.54) is 30.3 Å². The Morgan fingerprint density at radius 2 is 1.61 bits per heavy atom. The van der Waals surface area contributed by atoms with E-state index in [0.29, 0.717) is 28.1 Å². The van der Waals surface area contributed by atoms with Gasteiger partial charge in [-0.1, -0.05) is 28.1 Å². The number of carbonyl (C=O) groups excluding carboxylic acids is 1. The summed E-state index contributed by atoms with van der Waals surface area (Å²) in [5, 5.41) is 4.61. The number of hydrogen-bond acceptors (Lipinski definition) is 4. The Balaban J connectivity index is 1.74. The van der Waals surface area contributed by atoms with Crippen LogP contribution in [0.4, 0.5) is 4.39 Å². The van der Waals surface area contributed by atoms with E-state index in [4.69, 9.17) is 0 Å². The van der Waals surface area contributed by atoms with Gasteiger partial charge in [-0.15, -0.1) is 0 Å². The summed E-state index contributed by atoms with van der Waals surface area (Å²) in [4.78, 5) is 12.8. The molecule has 0 fully saturated rings. The van der Waals surface area contributed by atoms with Crippen LogP contribution in [0.1, 0.15) is 15.9 Å². The second-order valence-electron chi connectivity index (χ2n) is 7.36. The summed E-state index contributed by atoms with van der Waals surface area (Å²) in [7, 11) is -3.33. The minimum Gasteiger partial charge on any atom is -0.289 e. The van der Waals surface area contributed by atoms with Gasteiger partial charge in [-0.2, -0.15) is 5.10 Å². The van der Waals surface area contributed by atoms with Crippen LogP contribution in [-0.2, 0) is 9.84 Å². The van der Waals surface area contributed by atoms with Crippen LogP contribution in [0.2, 0.25) is 0 Å². The highest BCUT2D eigenvalue weighted by Crippen LogP contribution is 2.26. The molecule has 8 heteroatoms. The molecule has 0 aliphatic rings. The summed E-state index contributed by atoms with van der Waals surface area (Å²) >= 11 is 3.35. The first-order valence-corrected chi connectivity index (χ1v) is 12.5. The fourth-order valence-corrected chi connectivity index (χ4v) is 4.09. The number of ketones is 1. The third-order valence-corrected chi connectivity index (χ3v) is 6.59.